The minimum absolute atomic E-state index is 0.0378. The second-order valence-corrected chi connectivity index (χ2v) is 5.14. The number of aromatic amines is 1. The molecular formula is C12H13Cl2N3O2. The van der Waals surface area contributed by atoms with Crippen LogP contribution in [0.1, 0.15) is 19.7 Å². The Balaban J connectivity index is 2.57. The molecule has 0 saturated heterocycles. The number of hydrogen-bond acceptors (Lipinski definition) is 3. The highest BCUT2D eigenvalue weighted by Crippen LogP contribution is 2.33. The van der Waals surface area contributed by atoms with Crippen molar-refractivity contribution in [3.8, 4) is 11.4 Å². The molecule has 0 aliphatic rings. The molecule has 0 fully saturated rings. The molecule has 1 aromatic heterocycles. The Bertz CT molecular complexity index is 661. The predicted octanol–water partition coefficient (Wildman–Crippen LogP) is 2.96. The molecule has 0 spiro atoms. The van der Waals surface area contributed by atoms with Crippen LogP contribution in [0.3, 0.4) is 0 Å². The molecule has 2 rings (SSSR count). The Morgan fingerprint density at radius 2 is 2.00 bits per heavy atom. The summed E-state index contributed by atoms with van der Waals surface area (Å²) < 4.78 is 6.75. The number of halogens is 2. The Labute approximate surface area is 120 Å². The number of nitrogens with zero attached hydrogens (tertiary/aromatic N) is 2. The van der Waals surface area contributed by atoms with Crippen molar-refractivity contribution in [2.45, 2.75) is 26.9 Å². The van der Waals surface area contributed by atoms with Crippen LogP contribution in [0.4, 0.5) is 0 Å². The topological polar surface area (TPSA) is 59.9 Å². The van der Waals surface area contributed by atoms with Gasteiger partial charge in [0.1, 0.15) is 11.6 Å². The van der Waals surface area contributed by atoms with Crippen LogP contribution in [0, 0.1) is 6.92 Å². The molecule has 0 saturated carbocycles. The summed E-state index contributed by atoms with van der Waals surface area (Å²) >= 11 is 12.2. The second-order valence-electron chi connectivity index (χ2n) is 4.33. The van der Waals surface area contributed by atoms with E-state index in [0.717, 1.165) is 0 Å². The predicted molar refractivity (Wildman–Crippen MR) is 74.7 cm³/mol. The van der Waals surface area contributed by atoms with E-state index in [2.05, 4.69) is 10.1 Å². The third kappa shape index (κ3) is 2.93. The van der Waals surface area contributed by atoms with Gasteiger partial charge in [-0.25, -0.2) is 4.79 Å². The number of hydrogen-bond donors (Lipinski definition) is 1. The van der Waals surface area contributed by atoms with Crippen LogP contribution >= 0.6 is 23.2 Å². The van der Waals surface area contributed by atoms with Gasteiger partial charge in [0.2, 0.25) is 0 Å². The van der Waals surface area contributed by atoms with Crippen LogP contribution in [-0.2, 0) is 0 Å². The number of H-pyrrole nitrogens is 1. The lowest BCUT2D eigenvalue weighted by Gasteiger charge is -2.13. The van der Waals surface area contributed by atoms with Gasteiger partial charge in [0.15, 0.2) is 0 Å². The molecule has 0 unspecified atom stereocenters. The van der Waals surface area contributed by atoms with Crippen LogP contribution in [0.25, 0.3) is 5.69 Å². The highest BCUT2D eigenvalue weighted by Gasteiger charge is 2.14. The summed E-state index contributed by atoms with van der Waals surface area (Å²) in [6.07, 6.45) is -0.0378. The zero-order valence-corrected chi connectivity index (χ0v) is 12.2. The van der Waals surface area contributed by atoms with Crippen LogP contribution < -0.4 is 10.4 Å². The number of rotatable bonds is 3. The van der Waals surface area contributed by atoms with Gasteiger partial charge in [-0.05, 0) is 26.8 Å². The number of aromatic nitrogens is 3. The van der Waals surface area contributed by atoms with Gasteiger partial charge in [-0.15, -0.1) is 0 Å². The van der Waals surface area contributed by atoms with Crippen molar-refractivity contribution in [3.05, 3.63) is 38.5 Å². The summed E-state index contributed by atoms with van der Waals surface area (Å²) in [4.78, 5) is 14.3. The number of nitrogens with one attached hydrogen (secondary N) is 1. The van der Waals surface area contributed by atoms with E-state index in [0.29, 0.717) is 27.3 Å². The SMILES string of the molecule is Cc1nn(-c2cc(OC(C)C)c(Cl)cc2Cl)c(=O)[nH]1. The Hall–Kier alpha value is -1.46. The fraction of sp³-hybridized carbons (Fsp3) is 0.333. The molecule has 19 heavy (non-hydrogen) atoms. The molecule has 0 amide bonds. The van der Waals surface area contributed by atoms with Crippen molar-refractivity contribution in [2.24, 2.45) is 0 Å². The lowest BCUT2D eigenvalue weighted by atomic mass is 10.3. The van der Waals surface area contributed by atoms with E-state index in [1.165, 1.54) is 10.7 Å². The van der Waals surface area contributed by atoms with Crippen LogP contribution in [0.5, 0.6) is 5.75 Å². The number of benzene rings is 1. The third-order valence-corrected chi connectivity index (χ3v) is 2.92. The standard InChI is InChI=1S/C12H13Cl2N3O2/c1-6(2)19-11-5-10(8(13)4-9(11)14)17-12(18)15-7(3)16-17/h4-6H,1-3H3,(H,15,16,18). The first-order valence-corrected chi connectivity index (χ1v) is 6.46. The molecular weight excluding hydrogens is 289 g/mol. The van der Waals surface area contributed by atoms with Crippen molar-refractivity contribution in [1.82, 2.24) is 14.8 Å². The molecule has 102 valence electrons. The molecule has 0 aliphatic heterocycles. The summed E-state index contributed by atoms with van der Waals surface area (Å²) in [5.74, 6) is 0.964. The quantitative estimate of drug-likeness (QED) is 0.948. The van der Waals surface area contributed by atoms with Gasteiger partial charge in [-0.2, -0.15) is 9.78 Å². The van der Waals surface area contributed by atoms with Gasteiger partial charge in [0.25, 0.3) is 0 Å². The zero-order chi connectivity index (χ0) is 14.2. The number of ether oxygens (including phenoxy) is 1. The molecule has 0 radical (unpaired) electrons. The first-order valence-electron chi connectivity index (χ1n) is 5.70. The summed E-state index contributed by atoms with van der Waals surface area (Å²) in [6, 6.07) is 3.14. The molecule has 0 aliphatic carbocycles. The maximum atomic E-state index is 11.7. The van der Waals surface area contributed by atoms with Gasteiger partial charge >= 0.3 is 5.69 Å². The summed E-state index contributed by atoms with van der Waals surface area (Å²) in [5.41, 5.74) is 0.0632. The van der Waals surface area contributed by atoms with Crippen molar-refractivity contribution < 1.29 is 4.74 Å². The van der Waals surface area contributed by atoms with E-state index in [1.54, 1.807) is 13.0 Å². The Morgan fingerprint density at radius 3 is 2.53 bits per heavy atom. The van der Waals surface area contributed by atoms with E-state index in [-0.39, 0.29) is 11.8 Å². The second kappa shape index (κ2) is 5.27. The monoisotopic (exact) mass is 301 g/mol. The normalized spacial score (nSPS) is 11.1. The molecule has 1 heterocycles. The lowest BCUT2D eigenvalue weighted by molar-refractivity contribution is 0.242. The molecule has 1 N–H and O–H groups in total. The molecule has 5 nitrogen and oxygen atoms in total. The van der Waals surface area contributed by atoms with Crippen LogP contribution in [0.2, 0.25) is 10.0 Å². The summed E-state index contributed by atoms with van der Waals surface area (Å²) in [6.45, 7) is 5.46. The van der Waals surface area contributed by atoms with Crippen molar-refractivity contribution in [3.63, 3.8) is 0 Å². The van der Waals surface area contributed by atoms with Crippen molar-refractivity contribution >= 4 is 23.2 Å². The molecule has 7 heteroatoms. The molecule has 2 aromatic rings. The molecule has 0 bridgehead atoms. The highest BCUT2D eigenvalue weighted by atomic mass is 35.5. The van der Waals surface area contributed by atoms with Gasteiger partial charge < -0.3 is 4.74 Å². The number of aryl methyl sites for hydroxylation is 1. The van der Waals surface area contributed by atoms with Gasteiger partial charge in [0, 0.05) is 6.07 Å². The van der Waals surface area contributed by atoms with E-state index in [9.17, 15) is 4.79 Å². The smallest absolute Gasteiger partial charge is 0.348 e. The summed E-state index contributed by atoms with van der Waals surface area (Å²) in [5, 5.41) is 4.78. The van der Waals surface area contributed by atoms with Crippen LogP contribution in [0.15, 0.2) is 16.9 Å². The molecule has 0 atom stereocenters. The Morgan fingerprint density at radius 1 is 1.32 bits per heavy atom. The van der Waals surface area contributed by atoms with E-state index < -0.39 is 0 Å². The fourth-order valence-electron chi connectivity index (χ4n) is 1.62. The fourth-order valence-corrected chi connectivity index (χ4v) is 2.12. The van der Waals surface area contributed by atoms with Crippen LogP contribution in [-0.4, -0.2) is 20.9 Å². The Kier molecular flexibility index (Phi) is 3.87. The van der Waals surface area contributed by atoms with E-state index >= 15 is 0 Å². The molecule has 1 aromatic carbocycles. The van der Waals surface area contributed by atoms with Gasteiger partial charge in [-0.1, -0.05) is 23.2 Å². The first-order chi connectivity index (χ1) is 8.88. The van der Waals surface area contributed by atoms with Gasteiger partial charge in [0.05, 0.1) is 21.8 Å². The highest BCUT2D eigenvalue weighted by molar-refractivity contribution is 6.36. The summed E-state index contributed by atoms with van der Waals surface area (Å²) in [7, 11) is 0. The largest absolute Gasteiger partial charge is 0.489 e. The van der Waals surface area contributed by atoms with Crippen molar-refractivity contribution in [1.29, 1.82) is 0 Å². The first kappa shape index (κ1) is 14.0. The average molecular weight is 302 g/mol. The minimum atomic E-state index is -0.364. The average Bonchev–Trinajstić information content (AvgIpc) is 2.61. The zero-order valence-electron chi connectivity index (χ0n) is 10.7. The lowest BCUT2D eigenvalue weighted by Crippen LogP contribution is -2.17. The maximum Gasteiger partial charge on any atom is 0.348 e. The maximum absolute atomic E-state index is 11.7. The third-order valence-electron chi connectivity index (χ3n) is 2.32. The van der Waals surface area contributed by atoms with E-state index in [1.807, 2.05) is 13.8 Å². The van der Waals surface area contributed by atoms with Crippen molar-refractivity contribution in [2.75, 3.05) is 0 Å². The van der Waals surface area contributed by atoms with E-state index in [4.69, 9.17) is 27.9 Å². The van der Waals surface area contributed by atoms with Gasteiger partial charge in [-0.3, -0.25) is 4.98 Å². The minimum Gasteiger partial charge on any atom is -0.489 e.